The summed E-state index contributed by atoms with van der Waals surface area (Å²) in [5, 5.41) is 8.61. The first-order valence-electron chi connectivity index (χ1n) is 10.4. The Morgan fingerprint density at radius 1 is 1.12 bits per heavy atom. The second-order valence-electron chi connectivity index (χ2n) is 7.76. The van der Waals surface area contributed by atoms with E-state index in [0.717, 1.165) is 50.1 Å². The van der Waals surface area contributed by atoms with Gasteiger partial charge in [-0.2, -0.15) is 5.10 Å². The SMILES string of the molecule is Cn1cc(-c2cc(O[C@@H]3CCOC3)c3c(Nc4ccc5ncsc5c4)ncnc3c2)cn1. The number of aryl methyl sites for hydroxylation is 1. The van der Waals surface area contributed by atoms with Crippen LogP contribution >= 0.6 is 11.3 Å². The second kappa shape index (κ2) is 7.85. The molecule has 0 bridgehead atoms. The molecule has 8 nitrogen and oxygen atoms in total. The molecule has 3 aromatic heterocycles. The number of hydrogen-bond acceptors (Lipinski definition) is 8. The average Bonchev–Trinajstić information content (AvgIpc) is 3.55. The second-order valence-corrected chi connectivity index (χ2v) is 8.64. The van der Waals surface area contributed by atoms with Crippen molar-refractivity contribution in [3.05, 3.63) is 54.6 Å². The van der Waals surface area contributed by atoms with Gasteiger partial charge in [0.25, 0.3) is 0 Å². The zero-order valence-electron chi connectivity index (χ0n) is 17.4. The first kappa shape index (κ1) is 19.1. The van der Waals surface area contributed by atoms with Gasteiger partial charge in [-0.25, -0.2) is 15.0 Å². The summed E-state index contributed by atoms with van der Waals surface area (Å²) in [6.07, 6.45) is 6.26. The molecule has 9 heteroatoms. The van der Waals surface area contributed by atoms with E-state index in [0.29, 0.717) is 19.0 Å². The van der Waals surface area contributed by atoms with Crippen LogP contribution in [0.3, 0.4) is 0 Å². The Morgan fingerprint density at radius 2 is 2.09 bits per heavy atom. The number of thiazole rings is 1. The molecule has 0 saturated carbocycles. The van der Waals surface area contributed by atoms with E-state index in [1.807, 2.05) is 49.2 Å². The molecule has 0 spiro atoms. The minimum absolute atomic E-state index is 0.00366. The Labute approximate surface area is 187 Å². The smallest absolute Gasteiger partial charge is 0.145 e. The standard InChI is InChI=1S/C23H20N6O2S/c1-29-10-15(9-27-29)14-6-19-22(20(7-14)31-17-4-5-30-11-17)23(25-12-24-19)28-16-2-3-18-21(8-16)32-13-26-18/h2-3,6-10,12-13,17H,4-5,11H2,1H3,(H,24,25,28)/t17-/m1/s1. The Kier molecular flexibility index (Phi) is 4.70. The molecular formula is C23H20N6O2S. The predicted octanol–water partition coefficient (Wildman–Crippen LogP) is 4.55. The number of nitrogens with one attached hydrogen (secondary N) is 1. The Bertz CT molecular complexity index is 1420. The number of hydrogen-bond donors (Lipinski definition) is 1. The zero-order valence-corrected chi connectivity index (χ0v) is 18.2. The molecule has 0 aliphatic carbocycles. The Morgan fingerprint density at radius 3 is 2.94 bits per heavy atom. The molecule has 2 aromatic carbocycles. The zero-order chi connectivity index (χ0) is 21.5. The predicted molar refractivity (Wildman–Crippen MR) is 124 cm³/mol. The minimum atomic E-state index is 0.00366. The quantitative estimate of drug-likeness (QED) is 0.425. The maximum atomic E-state index is 6.41. The fourth-order valence-electron chi connectivity index (χ4n) is 3.93. The average molecular weight is 445 g/mol. The van der Waals surface area contributed by atoms with E-state index in [9.17, 15) is 0 Å². The molecule has 1 saturated heterocycles. The van der Waals surface area contributed by atoms with Crippen molar-refractivity contribution in [2.75, 3.05) is 18.5 Å². The number of ether oxygens (including phenoxy) is 2. The van der Waals surface area contributed by atoms with Gasteiger partial charge in [0.15, 0.2) is 0 Å². The van der Waals surface area contributed by atoms with Crippen molar-refractivity contribution in [2.45, 2.75) is 12.5 Å². The van der Waals surface area contributed by atoms with Gasteiger partial charge in [-0.15, -0.1) is 11.3 Å². The lowest BCUT2D eigenvalue weighted by molar-refractivity contribution is 0.142. The van der Waals surface area contributed by atoms with Crippen LogP contribution in [0, 0.1) is 0 Å². The highest BCUT2D eigenvalue weighted by atomic mass is 32.1. The van der Waals surface area contributed by atoms with Gasteiger partial charge >= 0.3 is 0 Å². The molecule has 0 amide bonds. The third-order valence-corrected chi connectivity index (χ3v) is 6.31. The monoisotopic (exact) mass is 444 g/mol. The summed E-state index contributed by atoms with van der Waals surface area (Å²) < 4.78 is 14.8. The molecule has 0 unspecified atom stereocenters. The van der Waals surface area contributed by atoms with E-state index in [1.54, 1.807) is 22.3 Å². The summed E-state index contributed by atoms with van der Waals surface area (Å²) >= 11 is 1.61. The van der Waals surface area contributed by atoms with Gasteiger partial charge in [0.05, 0.1) is 46.0 Å². The summed E-state index contributed by atoms with van der Waals surface area (Å²) in [5.41, 5.74) is 6.58. The molecule has 6 rings (SSSR count). The number of rotatable bonds is 5. The van der Waals surface area contributed by atoms with Crippen molar-refractivity contribution in [1.29, 1.82) is 0 Å². The van der Waals surface area contributed by atoms with Gasteiger partial charge in [-0.1, -0.05) is 0 Å². The minimum Gasteiger partial charge on any atom is -0.487 e. The van der Waals surface area contributed by atoms with Gasteiger partial charge in [0.1, 0.15) is 24.0 Å². The van der Waals surface area contributed by atoms with E-state index in [2.05, 4.69) is 31.4 Å². The highest BCUT2D eigenvalue weighted by molar-refractivity contribution is 7.16. The third-order valence-electron chi connectivity index (χ3n) is 5.52. The van der Waals surface area contributed by atoms with Crippen LogP contribution in [0.5, 0.6) is 5.75 Å². The summed E-state index contributed by atoms with van der Waals surface area (Å²) in [4.78, 5) is 13.5. The van der Waals surface area contributed by atoms with E-state index in [1.165, 1.54) is 0 Å². The fourth-order valence-corrected chi connectivity index (χ4v) is 4.65. The van der Waals surface area contributed by atoms with Crippen molar-refractivity contribution >= 4 is 44.0 Å². The first-order valence-corrected chi connectivity index (χ1v) is 11.2. The number of anilines is 2. The lowest BCUT2D eigenvalue weighted by atomic mass is 10.1. The van der Waals surface area contributed by atoms with Crippen LogP contribution in [-0.2, 0) is 11.8 Å². The number of benzene rings is 2. The molecular weight excluding hydrogens is 424 g/mol. The van der Waals surface area contributed by atoms with Crippen LogP contribution < -0.4 is 10.1 Å². The summed E-state index contributed by atoms with van der Waals surface area (Å²) in [6.45, 7) is 1.29. The maximum absolute atomic E-state index is 6.41. The van der Waals surface area contributed by atoms with E-state index >= 15 is 0 Å². The van der Waals surface area contributed by atoms with Gasteiger partial charge in [0, 0.05) is 30.9 Å². The van der Waals surface area contributed by atoms with Gasteiger partial charge in [-0.3, -0.25) is 4.68 Å². The third kappa shape index (κ3) is 3.55. The van der Waals surface area contributed by atoms with Crippen LogP contribution in [-0.4, -0.2) is 44.1 Å². The topological polar surface area (TPSA) is 87.0 Å². The number of fused-ring (bicyclic) bond motifs is 2. The Balaban J connectivity index is 1.47. The molecule has 1 N–H and O–H groups in total. The van der Waals surface area contributed by atoms with Crippen LogP contribution in [0.4, 0.5) is 11.5 Å². The molecule has 32 heavy (non-hydrogen) atoms. The van der Waals surface area contributed by atoms with Crippen molar-refractivity contribution in [3.8, 4) is 16.9 Å². The van der Waals surface area contributed by atoms with E-state index in [-0.39, 0.29) is 6.10 Å². The lowest BCUT2D eigenvalue weighted by Gasteiger charge is -2.17. The van der Waals surface area contributed by atoms with Crippen molar-refractivity contribution in [2.24, 2.45) is 7.05 Å². The molecule has 1 aliphatic rings. The molecule has 160 valence electrons. The summed E-state index contributed by atoms with van der Waals surface area (Å²) in [6, 6.07) is 10.2. The van der Waals surface area contributed by atoms with Crippen molar-refractivity contribution < 1.29 is 9.47 Å². The van der Waals surface area contributed by atoms with E-state index in [4.69, 9.17) is 9.47 Å². The van der Waals surface area contributed by atoms with E-state index < -0.39 is 0 Å². The molecule has 0 radical (unpaired) electrons. The van der Waals surface area contributed by atoms with Crippen LogP contribution in [0.1, 0.15) is 6.42 Å². The highest BCUT2D eigenvalue weighted by Crippen LogP contribution is 2.37. The van der Waals surface area contributed by atoms with Gasteiger partial charge < -0.3 is 14.8 Å². The lowest BCUT2D eigenvalue weighted by Crippen LogP contribution is -2.16. The highest BCUT2D eigenvalue weighted by Gasteiger charge is 2.21. The van der Waals surface area contributed by atoms with Gasteiger partial charge in [-0.05, 0) is 35.9 Å². The van der Waals surface area contributed by atoms with Gasteiger partial charge in [0.2, 0.25) is 0 Å². The first-order chi connectivity index (χ1) is 15.7. The van der Waals surface area contributed by atoms with Crippen molar-refractivity contribution in [1.82, 2.24) is 24.7 Å². The molecule has 1 aliphatic heterocycles. The van der Waals surface area contributed by atoms with Crippen LogP contribution in [0.25, 0.3) is 32.2 Å². The molecule has 4 heterocycles. The molecule has 1 fully saturated rings. The fraction of sp³-hybridized carbons (Fsp3) is 0.217. The van der Waals surface area contributed by atoms with Crippen molar-refractivity contribution in [3.63, 3.8) is 0 Å². The summed E-state index contributed by atoms with van der Waals surface area (Å²) in [7, 11) is 1.90. The number of aromatic nitrogens is 5. The molecule has 5 aromatic rings. The van der Waals surface area contributed by atoms with Crippen LogP contribution in [0.15, 0.2) is 54.6 Å². The maximum Gasteiger partial charge on any atom is 0.145 e. The Hall–Kier alpha value is -3.56. The number of nitrogens with zero attached hydrogens (tertiary/aromatic N) is 5. The molecule has 1 atom stereocenters. The largest absolute Gasteiger partial charge is 0.487 e. The normalized spacial score (nSPS) is 16.1. The van der Waals surface area contributed by atoms with Crippen LogP contribution in [0.2, 0.25) is 0 Å². The summed E-state index contributed by atoms with van der Waals surface area (Å²) in [5.74, 6) is 1.43.